The Labute approximate surface area is 426 Å². The third-order valence-electron chi connectivity index (χ3n) is 11.4. The molecule has 0 saturated carbocycles. The lowest BCUT2D eigenvalue weighted by Gasteiger charge is -2.15. The van der Waals surface area contributed by atoms with Gasteiger partial charge >= 0.3 is 11.9 Å². The fourth-order valence-electron chi connectivity index (χ4n) is 7.82. The van der Waals surface area contributed by atoms with Crippen molar-refractivity contribution in [1.29, 1.82) is 0 Å². The molecule has 4 N–H and O–H groups in total. The number of carboxylic acid groups (broad SMARTS) is 1. The summed E-state index contributed by atoms with van der Waals surface area (Å²) < 4.78 is 60.5. The zero-order valence-corrected chi connectivity index (χ0v) is 41.6. The van der Waals surface area contributed by atoms with Crippen LogP contribution in [0.1, 0.15) is 25.7 Å². The zero-order chi connectivity index (χ0) is 51.5. The van der Waals surface area contributed by atoms with E-state index in [1.807, 2.05) is 124 Å². The second kappa shape index (κ2) is 23.1. The molecule has 16 nitrogen and oxygen atoms in total. The number of nitrogens with zero attached hydrogens (tertiary/aromatic N) is 4. The first-order valence-corrected chi connectivity index (χ1v) is 24.8. The Kier molecular flexibility index (Phi) is 16.1. The van der Waals surface area contributed by atoms with Crippen LogP contribution in [0.15, 0.2) is 163 Å². The molecule has 0 unspecified atom stereocenters. The third kappa shape index (κ3) is 12.2. The summed E-state index contributed by atoms with van der Waals surface area (Å²) in [5.41, 5.74) is 13.3. The summed E-state index contributed by atoms with van der Waals surface area (Å²) in [6.07, 6.45) is 0.984. The van der Waals surface area contributed by atoms with Crippen molar-refractivity contribution < 1.29 is 46.8 Å². The van der Waals surface area contributed by atoms with Gasteiger partial charge in [-0.3, -0.25) is 23.4 Å². The maximum atomic E-state index is 13.3. The van der Waals surface area contributed by atoms with Crippen LogP contribution in [0.25, 0.3) is 56.2 Å². The SMILES string of the molecule is COC(=O)CCCOc1cc2c(cc1NS(=O)(=O)c1ccc(Cl)cc1)nc(-c1ccccc1)n2-c1ccc(OC)cc1.COc1ccc(-n2c(-c3ccccc3)nc3cc(N)c(OCCCC(=O)O)cc32)cc1. The normalized spacial score (nSPS) is 11.1. The van der Waals surface area contributed by atoms with Crippen molar-refractivity contribution in [1.82, 2.24) is 19.1 Å². The molecule has 0 aliphatic heterocycles. The first-order valence-electron chi connectivity index (χ1n) is 23.0. The minimum Gasteiger partial charge on any atom is -0.497 e. The highest BCUT2D eigenvalue weighted by molar-refractivity contribution is 7.92. The van der Waals surface area contributed by atoms with E-state index in [0.29, 0.717) is 51.9 Å². The van der Waals surface area contributed by atoms with Gasteiger partial charge in [-0.05, 0) is 97.8 Å². The number of rotatable bonds is 19. The number of nitrogen functional groups attached to an aromatic ring is 1. The average Bonchev–Trinajstić information content (AvgIpc) is 3.97. The van der Waals surface area contributed by atoms with Crippen LogP contribution >= 0.6 is 11.6 Å². The lowest BCUT2D eigenvalue weighted by molar-refractivity contribution is -0.141. The van der Waals surface area contributed by atoms with Gasteiger partial charge in [0.1, 0.15) is 34.6 Å². The van der Waals surface area contributed by atoms with Crippen molar-refractivity contribution in [2.24, 2.45) is 0 Å². The van der Waals surface area contributed by atoms with Crippen LogP contribution in [0.3, 0.4) is 0 Å². The number of anilines is 2. The van der Waals surface area contributed by atoms with Gasteiger partial charge in [0.2, 0.25) is 0 Å². The Morgan fingerprint density at radius 3 is 1.60 bits per heavy atom. The molecule has 2 heterocycles. The van der Waals surface area contributed by atoms with E-state index in [1.165, 1.54) is 31.4 Å². The molecule has 18 heteroatoms. The number of esters is 1. The molecule has 7 aromatic carbocycles. The number of hydrogen-bond donors (Lipinski definition) is 3. The van der Waals surface area contributed by atoms with Gasteiger partial charge in [-0.15, -0.1) is 0 Å². The van der Waals surface area contributed by atoms with Crippen molar-refractivity contribution in [2.45, 2.75) is 30.6 Å². The molecule has 374 valence electrons. The molecule has 0 fully saturated rings. The summed E-state index contributed by atoms with van der Waals surface area (Å²) in [6, 6.07) is 47.8. The zero-order valence-electron chi connectivity index (χ0n) is 40.0. The molecule has 0 bridgehead atoms. The highest BCUT2D eigenvalue weighted by atomic mass is 35.5. The summed E-state index contributed by atoms with van der Waals surface area (Å²) >= 11 is 5.97. The molecular formula is C55H51ClN6O10S. The second-order valence-corrected chi connectivity index (χ2v) is 18.4. The van der Waals surface area contributed by atoms with E-state index in [1.54, 1.807) is 32.4 Å². The van der Waals surface area contributed by atoms with Gasteiger partial charge in [0.05, 0.1) is 72.9 Å². The number of imidazole rings is 2. The first kappa shape index (κ1) is 50.8. The van der Waals surface area contributed by atoms with Crippen LogP contribution < -0.4 is 29.4 Å². The predicted octanol–water partition coefficient (Wildman–Crippen LogP) is 11.0. The molecule has 0 saturated heterocycles. The molecule has 0 aliphatic rings. The number of nitrogens with one attached hydrogen (secondary N) is 1. The number of halogens is 1. The monoisotopic (exact) mass is 1020 g/mol. The van der Waals surface area contributed by atoms with Gasteiger partial charge in [0.25, 0.3) is 10.0 Å². The summed E-state index contributed by atoms with van der Waals surface area (Å²) in [4.78, 5) is 32.1. The molecule has 0 aliphatic carbocycles. The standard InChI is InChI=1S/C31H28ClN3O6S.C24H23N3O4/c1-39-24-14-12-23(13-15-24)35-28-20-29(41-18-6-9-30(36)40-2)27(34-42(37,38)25-16-10-22(32)11-17-25)19-26(28)33-31(35)21-7-4-3-5-8-21;1-30-18-11-9-17(10-12-18)27-21-15-22(31-13-5-8-23(28)29)19(25)14-20(21)26-24(27)16-6-3-2-4-7-16/h3-5,7-8,10-17,19-20,34H,6,9,18H2,1-2H3;2-4,6-7,9-12,14-15H,5,8,13,25H2,1H3,(H,28,29). The second-order valence-electron chi connectivity index (χ2n) is 16.3. The summed E-state index contributed by atoms with van der Waals surface area (Å²) in [5.74, 6) is 2.48. The minimum atomic E-state index is -4.00. The largest absolute Gasteiger partial charge is 0.497 e. The van der Waals surface area contributed by atoms with E-state index >= 15 is 0 Å². The van der Waals surface area contributed by atoms with E-state index in [9.17, 15) is 18.0 Å². The Bertz CT molecular complexity index is 3460. The number of carbonyl (C=O) groups excluding carboxylic acids is 1. The van der Waals surface area contributed by atoms with Crippen LogP contribution in [-0.2, 0) is 24.3 Å². The molecule has 0 radical (unpaired) electrons. The Morgan fingerprint density at radius 1 is 0.630 bits per heavy atom. The quantitative estimate of drug-likeness (QED) is 0.0392. The van der Waals surface area contributed by atoms with Crippen LogP contribution in [-0.4, -0.2) is 79.1 Å². The van der Waals surface area contributed by atoms with Crippen molar-refractivity contribution >= 4 is 67.0 Å². The van der Waals surface area contributed by atoms with E-state index in [4.69, 9.17) is 56.1 Å². The number of aliphatic carboxylic acids is 1. The average molecular weight is 1020 g/mol. The van der Waals surface area contributed by atoms with Gasteiger partial charge < -0.3 is 34.5 Å². The lowest BCUT2D eigenvalue weighted by atomic mass is 10.2. The van der Waals surface area contributed by atoms with Crippen molar-refractivity contribution in [2.75, 3.05) is 45.0 Å². The molecule has 0 amide bonds. The smallest absolute Gasteiger partial charge is 0.305 e. The molecule has 73 heavy (non-hydrogen) atoms. The van der Waals surface area contributed by atoms with E-state index in [0.717, 1.165) is 45.1 Å². The maximum absolute atomic E-state index is 13.3. The number of hydrogen-bond acceptors (Lipinski definition) is 12. The summed E-state index contributed by atoms with van der Waals surface area (Å²) in [5, 5.41) is 9.24. The molecule has 0 spiro atoms. The lowest BCUT2D eigenvalue weighted by Crippen LogP contribution is -2.14. The topological polar surface area (TPSA) is 208 Å². The molecule has 9 aromatic rings. The van der Waals surface area contributed by atoms with Crippen LogP contribution in [0.2, 0.25) is 5.02 Å². The first-order chi connectivity index (χ1) is 35.3. The maximum Gasteiger partial charge on any atom is 0.305 e. The number of nitrogens with two attached hydrogens (primary N) is 1. The van der Waals surface area contributed by atoms with Gasteiger partial charge in [0.15, 0.2) is 0 Å². The molecular weight excluding hydrogens is 972 g/mol. The summed E-state index contributed by atoms with van der Waals surface area (Å²) in [6.45, 7) is 0.419. The van der Waals surface area contributed by atoms with Crippen molar-refractivity contribution in [3.63, 3.8) is 0 Å². The highest BCUT2D eigenvalue weighted by Gasteiger charge is 2.23. The van der Waals surface area contributed by atoms with Crippen LogP contribution in [0.5, 0.6) is 23.0 Å². The van der Waals surface area contributed by atoms with Gasteiger partial charge in [0, 0.05) is 52.5 Å². The van der Waals surface area contributed by atoms with Crippen LogP contribution in [0.4, 0.5) is 11.4 Å². The van der Waals surface area contributed by atoms with Crippen LogP contribution in [0, 0.1) is 0 Å². The van der Waals surface area contributed by atoms with E-state index < -0.39 is 16.0 Å². The Hall–Kier alpha value is -8.54. The third-order valence-corrected chi connectivity index (χ3v) is 13.1. The Morgan fingerprint density at radius 2 is 1.11 bits per heavy atom. The number of carboxylic acids is 1. The van der Waals surface area contributed by atoms with Gasteiger partial charge in [-0.25, -0.2) is 18.4 Å². The van der Waals surface area contributed by atoms with E-state index in [-0.39, 0.29) is 48.4 Å². The molecule has 0 atom stereocenters. The summed E-state index contributed by atoms with van der Waals surface area (Å²) in [7, 11) is 0.566. The number of aromatic nitrogens is 4. The predicted molar refractivity (Wildman–Crippen MR) is 282 cm³/mol. The number of fused-ring (bicyclic) bond motifs is 2. The van der Waals surface area contributed by atoms with Crippen molar-refractivity contribution in [3.05, 3.63) is 163 Å². The van der Waals surface area contributed by atoms with Crippen molar-refractivity contribution in [3.8, 4) is 57.1 Å². The Balaban J connectivity index is 0.000000204. The number of carbonyl (C=O) groups is 2. The molecule has 9 rings (SSSR count). The fraction of sp³-hybridized carbons (Fsp3) is 0.164. The highest BCUT2D eigenvalue weighted by Crippen LogP contribution is 2.38. The van der Waals surface area contributed by atoms with Gasteiger partial charge in [-0.1, -0.05) is 72.3 Å². The van der Waals surface area contributed by atoms with E-state index in [2.05, 4.69) is 4.72 Å². The number of methoxy groups -OCH3 is 3. The number of ether oxygens (including phenoxy) is 5. The minimum absolute atomic E-state index is 0.0392. The fourth-order valence-corrected chi connectivity index (χ4v) is 9.01. The molecule has 2 aromatic heterocycles. The number of benzene rings is 7. The van der Waals surface area contributed by atoms with Gasteiger partial charge in [-0.2, -0.15) is 0 Å². The number of sulfonamides is 1.